The molecule has 1 N–H and O–H groups in total. The Balaban J connectivity index is 1.74. The molecule has 0 radical (unpaired) electrons. The number of carbonyl (C=O) groups excluding carboxylic acids is 2. The zero-order chi connectivity index (χ0) is 23.2. The molecule has 0 spiro atoms. The highest BCUT2D eigenvalue weighted by molar-refractivity contribution is 7.80. The van der Waals surface area contributed by atoms with Gasteiger partial charge in [-0.15, -0.1) is 0 Å². The van der Waals surface area contributed by atoms with E-state index < -0.39 is 11.8 Å². The highest BCUT2D eigenvalue weighted by Gasteiger charge is 2.37. The zero-order valence-electron chi connectivity index (χ0n) is 19.2. The van der Waals surface area contributed by atoms with Gasteiger partial charge < -0.3 is 4.90 Å². The summed E-state index contributed by atoms with van der Waals surface area (Å²) in [7, 11) is 0. The van der Waals surface area contributed by atoms with Crippen LogP contribution in [0.4, 0.5) is 11.4 Å². The number of nitrogens with one attached hydrogen (secondary N) is 1. The van der Waals surface area contributed by atoms with Gasteiger partial charge >= 0.3 is 0 Å². The molecule has 1 unspecified atom stereocenters. The van der Waals surface area contributed by atoms with Gasteiger partial charge in [0.2, 0.25) is 0 Å². The van der Waals surface area contributed by atoms with Crippen molar-refractivity contribution in [3.05, 3.63) is 64.7 Å². The molecule has 0 aliphatic carbocycles. The second kappa shape index (κ2) is 8.17. The minimum Gasteiger partial charge on any atom is -0.366 e. The van der Waals surface area contributed by atoms with Gasteiger partial charge in [0, 0.05) is 17.8 Å². The van der Waals surface area contributed by atoms with Gasteiger partial charge in [0.05, 0.1) is 5.69 Å². The number of hydrogen-bond acceptors (Lipinski definition) is 4. The van der Waals surface area contributed by atoms with Crippen molar-refractivity contribution < 1.29 is 9.59 Å². The second-order valence-electron chi connectivity index (χ2n) is 9.22. The molecule has 1 atom stereocenters. The number of benzene rings is 2. The second-order valence-corrected chi connectivity index (χ2v) is 9.61. The lowest BCUT2D eigenvalue weighted by atomic mass is 9.79. The van der Waals surface area contributed by atoms with Gasteiger partial charge in [0.25, 0.3) is 11.8 Å². The van der Waals surface area contributed by atoms with E-state index in [1.54, 1.807) is 6.08 Å². The SMILES string of the molecule is CCN1c2ccc(/C=C3/C(=O)NC(=S)N(c4ccccc4C)C3=O)cc2C(C)CC1(C)C. The molecule has 2 amide bonds. The molecule has 2 aromatic rings. The number of anilines is 2. The number of hydrogen-bond donors (Lipinski definition) is 1. The first-order valence-corrected chi connectivity index (χ1v) is 11.4. The lowest BCUT2D eigenvalue weighted by molar-refractivity contribution is -0.122. The number of nitrogens with zero attached hydrogens (tertiary/aromatic N) is 2. The van der Waals surface area contributed by atoms with Crippen LogP contribution >= 0.6 is 12.2 Å². The third kappa shape index (κ3) is 3.73. The van der Waals surface area contributed by atoms with E-state index in [0.717, 1.165) is 24.1 Å². The Morgan fingerprint density at radius 1 is 1.16 bits per heavy atom. The van der Waals surface area contributed by atoms with Crippen molar-refractivity contribution in [2.45, 2.75) is 52.5 Å². The third-order valence-corrected chi connectivity index (χ3v) is 6.78. The molecule has 2 heterocycles. The molecule has 2 aliphatic heterocycles. The summed E-state index contributed by atoms with van der Waals surface area (Å²) in [5, 5.41) is 2.78. The molecule has 0 saturated carbocycles. The summed E-state index contributed by atoms with van der Waals surface area (Å²) in [6, 6.07) is 13.7. The highest BCUT2D eigenvalue weighted by Crippen LogP contribution is 2.43. The number of para-hydroxylation sites is 1. The monoisotopic (exact) mass is 447 g/mol. The molecule has 2 aliphatic rings. The van der Waals surface area contributed by atoms with Crippen molar-refractivity contribution >= 4 is 46.6 Å². The van der Waals surface area contributed by atoms with Gasteiger partial charge in [-0.3, -0.25) is 19.8 Å². The summed E-state index contributed by atoms with van der Waals surface area (Å²) < 4.78 is 0. The standard InChI is InChI=1S/C26H29N3O2S/c1-6-28-22-12-11-18(13-19(22)17(3)15-26(28,4)5)14-20-23(30)27-25(32)29(24(20)31)21-10-8-7-9-16(21)2/h7-14,17H,6,15H2,1-5H3,(H,27,30,32)/b20-14-. The molecule has 1 saturated heterocycles. The van der Waals surface area contributed by atoms with Crippen molar-refractivity contribution in [2.75, 3.05) is 16.3 Å². The van der Waals surface area contributed by atoms with Gasteiger partial charge in [-0.25, -0.2) is 0 Å². The maximum Gasteiger partial charge on any atom is 0.270 e. The molecular weight excluding hydrogens is 418 g/mol. The molecular formula is C26H29N3O2S. The van der Waals surface area contributed by atoms with Crippen molar-refractivity contribution in [1.82, 2.24) is 5.32 Å². The van der Waals surface area contributed by atoms with Gasteiger partial charge in [-0.2, -0.15) is 0 Å². The predicted molar refractivity (Wildman–Crippen MR) is 134 cm³/mol. The Hall–Kier alpha value is -2.99. The number of thiocarbonyl (C=S) groups is 1. The van der Waals surface area contributed by atoms with Crippen molar-refractivity contribution in [2.24, 2.45) is 0 Å². The molecule has 4 rings (SSSR count). The van der Waals surface area contributed by atoms with E-state index in [9.17, 15) is 9.59 Å². The summed E-state index contributed by atoms with van der Waals surface area (Å²) >= 11 is 5.32. The zero-order valence-corrected chi connectivity index (χ0v) is 20.0. The minimum absolute atomic E-state index is 0.0814. The van der Waals surface area contributed by atoms with E-state index in [2.05, 4.69) is 50.0 Å². The quantitative estimate of drug-likeness (QED) is 0.411. The van der Waals surface area contributed by atoms with Crippen LogP contribution in [0.15, 0.2) is 48.0 Å². The molecule has 1 fully saturated rings. The van der Waals surface area contributed by atoms with Crippen LogP contribution in [0.25, 0.3) is 6.08 Å². The summed E-state index contributed by atoms with van der Waals surface area (Å²) in [5.74, 6) is -0.491. The van der Waals surface area contributed by atoms with Crippen LogP contribution in [0.3, 0.4) is 0 Å². The average molecular weight is 448 g/mol. The molecule has 5 nitrogen and oxygen atoms in total. The van der Waals surface area contributed by atoms with Gasteiger partial charge in [-0.1, -0.05) is 31.2 Å². The summed E-state index contributed by atoms with van der Waals surface area (Å²) in [5.41, 5.74) is 5.05. The fourth-order valence-electron chi connectivity index (χ4n) is 5.05. The summed E-state index contributed by atoms with van der Waals surface area (Å²) in [6.07, 6.45) is 2.72. The van der Waals surface area contributed by atoms with E-state index >= 15 is 0 Å². The summed E-state index contributed by atoms with van der Waals surface area (Å²) in [4.78, 5) is 29.9. The van der Waals surface area contributed by atoms with E-state index in [1.807, 2.05) is 37.3 Å². The van der Waals surface area contributed by atoms with E-state index in [0.29, 0.717) is 11.6 Å². The Labute approximate surface area is 195 Å². The van der Waals surface area contributed by atoms with Crippen molar-refractivity contribution in [1.29, 1.82) is 0 Å². The predicted octanol–water partition coefficient (Wildman–Crippen LogP) is 4.94. The van der Waals surface area contributed by atoms with Crippen LogP contribution in [0.1, 0.15) is 56.7 Å². The van der Waals surface area contributed by atoms with E-state index in [-0.39, 0.29) is 16.2 Å². The fraction of sp³-hybridized carbons (Fsp3) is 0.346. The van der Waals surface area contributed by atoms with Gasteiger partial charge in [0.1, 0.15) is 5.57 Å². The molecule has 166 valence electrons. The smallest absolute Gasteiger partial charge is 0.270 e. The van der Waals surface area contributed by atoms with Crippen molar-refractivity contribution in [3.8, 4) is 0 Å². The lowest BCUT2D eigenvalue weighted by Crippen LogP contribution is -2.54. The van der Waals surface area contributed by atoms with Crippen LogP contribution in [-0.4, -0.2) is 29.0 Å². The molecule has 0 aromatic heterocycles. The molecule has 32 heavy (non-hydrogen) atoms. The van der Waals surface area contributed by atoms with Crippen LogP contribution in [0.5, 0.6) is 0 Å². The maximum absolute atomic E-state index is 13.3. The maximum atomic E-state index is 13.3. The van der Waals surface area contributed by atoms with E-state index in [4.69, 9.17) is 12.2 Å². The lowest BCUT2D eigenvalue weighted by Gasteiger charge is -2.47. The first-order chi connectivity index (χ1) is 15.1. The number of carbonyl (C=O) groups is 2. The summed E-state index contributed by atoms with van der Waals surface area (Å²) in [6.45, 7) is 11.8. The van der Waals surface area contributed by atoms with E-state index in [1.165, 1.54) is 16.2 Å². The highest BCUT2D eigenvalue weighted by atomic mass is 32.1. The third-order valence-electron chi connectivity index (χ3n) is 6.49. The van der Waals surface area contributed by atoms with Crippen LogP contribution < -0.4 is 15.1 Å². The Morgan fingerprint density at radius 2 is 1.88 bits per heavy atom. The largest absolute Gasteiger partial charge is 0.366 e. The number of amides is 2. The Kier molecular flexibility index (Phi) is 5.67. The molecule has 0 bridgehead atoms. The minimum atomic E-state index is -0.466. The average Bonchev–Trinajstić information content (AvgIpc) is 2.72. The first-order valence-electron chi connectivity index (χ1n) is 11.0. The Morgan fingerprint density at radius 3 is 2.56 bits per heavy atom. The molecule has 2 aromatic carbocycles. The number of fused-ring (bicyclic) bond motifs is 1. The number of rotatable bonds is 3. The van der Waals surface area contributed by atoms with Crippen molar-refractivity contribution in [3.63, 3.8) is 0 Å². The normalized spacial score (nSPS) is 21.6. The van der Waals surface area contributed by atoms with Gasteiger partial charge in [-0.05, 0) is 93.2 Å². The van der Waals surface area contributed by atoms with Crippen LogP contribution in [-0.2, 0) is 9.59 Å². The molecule has 6 heteroatoms. The van der Waals surface area contributed by atoms with Gasteiger partial charge in [0.15, 0.2) is 5.11 Å². The topological polar surface area (TPSA) is 52.7 Å². The number of aryl methyl sites for hydroxylation is 1. The first kappa shape index (κ1) is 22.2. The van der Waals surface area contributed by atoms with Crippen LogP contribution in [0, 0.1) is 6.92 Å². The fourth-order valence-corrected chi connectivity index (χ4v) is 5.33. The Bertz CT molecular complexity index is 1150. The van der Waals surface area contributed by atoms with Crippen LogP contribution in [0.2, 0.25) is 0 Å².